The first-order valence-electron chi connectivity index (χ1n) is 2.69. The van der Waals surface area contributed by atoms with Gasteiger partial charge in [-0.05, 0) is 0 Å². The Hall–Kier alpha value is -0.920. The van der Waals surface area contributed by atoms with Crippen molar-refractivity contribution in [3.8, 4) is 0 Å². The normalized spacial score (nSPS) is 8.00. The summed E-state index contributed by atoms with van der Waals surface area (Å²) in [7, 11) is 0. The Morgan fingerprint density at radius 1 is 1.50 bits per heavy atom. The van der Waals surface area contributed by atoms with Crippen molar-refractivity contribution in [2.45, 2.75) is 0 Å². The third-order valence-electron chi connectivity index (χ3n) is 0.867. The average Bonchev–Trinajstić information content (AvgIpc) is 2.38. The first kappa shape index (κ1) is 11.1. The molecule has 0 atom stereocenters. The zero-order valence-corrected chi connectivity index (χ0v) is 8.39. The molecule has 0 bridgehead atoms. The summed E-state index contributed by atoms with van der Waals surface area (Å²) in [5, 5.41) is 9.43. The smallest absolute Gasteiger partial charge is 1.00 e. The molecule has 0 fully saturated rings. The number of rotatable bonds is 4. The number of anilines is 1. The second kappa shape index (κ2) is 5.70. The molecule has 60 valence electrons. The van der Waals surface area contributed by atoms with Crippen LogP contribution in [-0.4, -0.2) is 27.9 Å². The quantitative estimate of drug-likeness (QED) is 0.361. The van der Waals surface area contributed by atoms with Crippen LogP contribution in [0, 0.1) is 0 Å². The minimum Gasteiger partial charge on any atom is -1.00 e. The van der Waals surface area contributed by atoms with Crippen molar-refractivity contribution >= 4 is 18.6 Å². The molecule has 2 N–H and O–H groups in total. The van der Waals surface area contributed by atoms with E-state index in [1.807, 2.05) is 0 Å². The predicted octanol–water partition coefficient (Wildman–Crippen LogP) is -4.34. The van der Waals surface area contributed by atoms with Crippen LogP contribution < -0.4 is 40.3 Å². The van der Waals surface area contributed by atoms with Crippen molar-refractivity contribution in [3.63, 3.8) is 0 Å². The fourth-order valence-corrected chi connectivity index (χ4v) is 0.499. The molecule has 0 saturated heterocycles. The third-order valence-corrected chi connectivity index (χ3v) is 0.867. The van der Waals surface area contributed by atoms with Crippen LogP contribution in [0.15, 0.2) is 6.20 Å². The first-order chi connectivity index (χ1) is 5.36. The number of amides is 2. The number of carbonyl (C=O) groups excluding carboxylic acids is 2. The van der Waals surface area contributed by atoms with Crippen LogP contribution in [-0.2, 0) is 9.59 Å². The molecule has 1 aromatic rings. The van der Waals surface area contributed by atoms with Gasteiger partial charge in [0.1, 0.15) is 0 Å². The molecule has 0 radical (unpaired) electrons. The number of hydrogen-bond acceptors (Lipinski definition) is 4. The Morgan fingerprint density at radius 2 is 2.25 bits per heavy atom. The fourth-order valence-electron chi connectivity index (χ4n) is 0.499. The Kier molecular flexibility index (Phi) is 5.26. The molecule has 1 aromatic heterocycles. The minimum atomic E-state index is 0. The van der Waals surface area contributed by atoms with Gasteiger partial charge in [0.15, 0.2) is 5.82 Å². The summed E-state index contributed by atoms with van der Waals surface area (Å²) in [6.45, 7) is 0. The van der Waals surface area contributed by atoms with Crippen molar-refractivity contribution < 1.29 is 40.6 Å². The Morgan fingerprint density at radius 3 is 2.83 bits per heavy atom. The predicted molar refractivity (Wildman–Crippen MR) is 36.2 cm³/mol. The van der Waals surface area contributed by atoms with Gasteiger partial charge in [-0.1, -0.05) is 4.91 Å². The van der Waals surface area contributed by atoms with Gasteiger partial charge >= 0.3 is 29.6 Å². The maximum atomic E-state index is 9.86. The molecule has 1 rings (SSSR count). The van der Waals surface area contributed by atoms with Crippen molar-refractivity contribution in [1.29, 1.82) is 0 Å². The van der Waals surface area contributed by atoms with Crippen LogP contribution in [0.3, 0.4) is 0 Å². The molecule has 2 amide bonds. The van der Waals surface area contributed by atoms with Crippen LogP contribution in [0.2, 0.25) is 0 Å². The van der Waals surface area contributed by atoms with E-state index in [9.17, 15) is 9.59 Å². The van der Waals surface area contributed by atoms with Gasteiger partial charge in [0, 0.05) is 0 Å². The summed E-state index contributed by atoms with van der Waals surface area (Å²) in [5.74, 6) is 0.273. The van der Waals surface area contributed by atoms with E-state index in [1.54, 1.807) is 0 Å². The number of nitrogens with zero attached hydrogens (tertiary/aromatic N) is 3. The number of aromatic nitrogens is 3. The van der Waals surface area contributed by atoms with Crippen LogP contribution >= 0.6 is 0 Å². The molecule has 0 aliphatic heterocycles. The number of nitrogens with one attached hydrogen (secondary N) is 2. The topological polar surface area (TPSA) is 88.9 Å². The average molecular weight is 179 g/mol. The maximum Gasteiger partial charge on any atom is 1.00 e. The molecule has 1 heterocycles. The van der Waals surface area contributed by atoms with E-state index in [4.69, 9.17) is 0 Å². The molecule has 0 saturated carbocycles. The molecular formula is C4H6N5NaO2. The minimum absolute atomic E-state index is 0. The summed E-state index contributed by atoms with van der Waals surface area (Å²) >= 11 is 0. The van der Waals surface area contributed by atoms with Crippen molar-refractivity contribution in [1.82, 2.24) is 15.1 Å². The van der Waals surface area contributed by atoms with Crippen molar-refractivity contribution in [2.24, 2.45) is 0 Å². The van der Waals surface area contributed by atoms with Gasteiger partial charge in [0.25, 0.3) is 0 Å². The standard InChI is InChI=1S/C4H5N5O2.Na.H/c10-2-5-4-1-6-9(8-4)7-3-11;;/h1-3H,(H,7,11)(H,5,8,10);;/q;+1;-1. The fraction of sp³-hybridized carbons (Fsp3) is 0. The SMILES string of the molecule is O=CNc1cnn(NC=O)n1.[H-].[Na+]. The van der Waals surface area contributed by atoms with Gasteiger partial charge < -0.3 is 6.74 Å². The molecule has 0 aliphatic rings. The van der Waals surface area contributed by atoms with Gasteiger partial charge in [0.05, 0.1) is 6.20 Å². The molecule has 12 heavy (non-hydrogen) atoms. The van der Waals surface area contributed by atoms with E-state index >= 15 is 0 Å². The van der Waals surface area contributed by atoms with Crippen LogP contribution in [0.4, 0.5) is 5.82 Å². The molecular weight excluding hydrogens is 173 g/mol. The van der Waals surface area contributed by atoms with E-state index in [-0.39, 0.29) is 36.8 Å². The van der Waals surface area contributed by atoms with E-state index in [2.05, 4.69) is 20.9 Å². The van der Waals surface area contributed by atoms with Crippen LogP contribution in [0.5, 0.6) is 0 Å². The molecule has 0 unspecified atom stereocenters. The van der Waals surface area contributed by atoms with E-state index in [0.717, 1.165) is 4.91 Å². The van der Waals surface area contributed by atoms with E-state index < -0.39 is 0 Å². The van der Waals surface area contributed by atoms with Gasteiger partial charge in [-0.3, -0.25) is 9.59 Å². The van der Waals surface area contributed by atoms with Gasteiger partial charge in [-0.2, -0.15) is 0 Å². The number of hydrogen-bond donors (Lipinski definition) is 2. The summed E-state index contributed by atoms with van der Waals surface area (Å²) in [4.78, 5) is 20.6. The Labute approximate surface area is 91.2 Å². The summed E-state index contributed by atoms with van der Waals surface area (Å²) in [5.41, 5.74) is 2.14. The second-order valence-corrected chi connectivity index (χ2v) is 1.53. The van der Waals surface area contributed by atoms with Crippen LogP contribution in [0.25, 0.3) is 0 Å². The largest absolute Gasteiger partial charge is 1.00 e. The van der Waals surface area contributed by atoms with Crippen LogP contribution in [0.1, 0.15) is 1.43 Å². The zero-order chi connectivity index (χ0) is 8.10. The third kappa shape index (κ3) is 2.99. The molecule has 0 aromatic carbocycles. The van der Waals surface area contributed by atoms with Gasteiger partial charge in [0.2, 0.25) is 12.8 Å². The molecule has 7 nitrogen and oxygen atoms in total. The second-order valence-electron chi connectivity index (χ2n) is 1.53. The summed E-state index contributed by atoms with van der Waals surface area (Å²) in [6.07, 6.45) is 2.19. The zero-order valence-electron chi connectivity index (χ0n) is 7.39. The van der Waals surface area contributed by atoms with Crippen molar-refractivity contribution in [3.05, 3.63) is 6.20 Å². The van der Waals surface area contributed by atoms with Gasteiger partial charge in [-0.25, -0.2) is 5.43 Å². The Balaban J connectivity index is 0. The first-order valence-corrected chi connectivity index (χ1v) is 2.69. The van der Waals surface area contributed by atoms with E-state index in [1.165, 1.54) is 6.20 Å². The molecule has 0 spiro atoms. The maximum absolute atomic E-state index is 9.86. The molecule has 0 aliphatic carbocycles. The van der Waals surface area contributed by atoms with Gasteiger partial charge in [-0.15, -0.1) is 10.2 Å². The molecule has 8 heteroatoms. The summed E-state index contributed by atoms with van der Waals surface area (Å²) in [6, 6.07) is 0. The number of carbonyl (C=O) groups is 2. The monoisotopic (exact) mass is 179 g/mol. The van der Waals surface area contributed by atoms with E-state index in [0.29, 0.717) is 12.8 Å². The Bertz CT molecular complexity index is 242. The summed E-state index contributed by atoms with van der Waals surface area (Å²) < 4.78 is 0. The van der Waals surface area contributed by atoms with Crippen molar-refractivity contribution in [2.75, 3.05) is 10.7 Å².